The Morgan fingerprint density at radius 2 is 2.42 bits per heavy atom. The van der Waals surface area contributed by atoms with Crippen molar-refractivity contribution >= 4 is 23.1 Å². The zero-order valence-corrected chi connectivity index (χ0v) is 11.1. The van der Waals surface area contributed by atoms with Crippen LogP contribution in [-0.4, -0.2) is 29.7 Å². The van der Waals surface area contributed by atoms with Gasteiger partial charge >= 0.3 is 0 Å². The van der Waals surface area contributed by atoms with Crippen LogP contribution in [0.4, 0.5) is 5.69 Å². The average molecular weight is 281 g/mol. The van der Waals surface area contributed by atoms with Gasteiger partial charge in [-0.15, -0.1) is 0 Å². The van der Waals surface area contributed by atoms with E-state index in [1.54, 1.807) is 6.07 Å². The normalized spacial score (nSPS) is 26.1. The number of rotatable bonds is 2. The van der Waals surface area contributed by atoms with Crippen LogP contribution in [0.15, 0.2) is 22.6 Å². The Morgan fingerprint density at radius 3 is 3.21 bits per heavy atom. The first kappa shape index (κ1) is 12.6. The Labute approximate surface area is 114 Å². The van der Waals surface area contributed by atoms with Crippen LogP contribution >= 0.6 is 0 Å². The van der Waals surface area contributed by atoms with Crippen LogP contribution in [0.5, 0.6) is 5.75 Å². The topological polar surface area (TPSA) is 91.9 Å². The van der Waals surface area contributed by atoms with Crippen molar-refractivity contribution in [1.29, 1.82) is 0 Å². The van der Waals surface area contributed by atoms with Crippen LogP contribution in [0.1, 0.15) is 18.4 Å². The Morgan fingerprint density at radius 1 is 1.53 bits per heavy atom. The van der Waals surface area contributed by atoms with Crippen molar-refractivity contribution in [1.82, 2.24) is 0 Å². The van der Waals surface area contributed by atoms with Gasteiger partial charge in [-0.1, -0.05) is 6.07 Å². The molecule has 0 aromatic heterocycles. The fourth-order valence-corrected chi connectivity index (χ4v) is 2.89. The summed E-state index contributed by atoms with van der Waals surface area (Å²) in [6, 6.07) is 5.48. The molecule has 3 rings (SSSR count). The van der Waals surface area contributed by atoms with Gasteiger partial charge in [0.05, 0.1) is 17.9 Å². The van der Waals surface area contributed by atoms with Crippen molar-refractivity contribution in [2.75, 3.05) is 17.9 Å². The summed E-state index contributed by atoms with van der Waals surface area (Å²) in [5.74, 6) is 0.887. The number of nitrogens with one attached hydrogen (secondary N) is 1. The van der Waals surface area contributed by atoms with Crippen LogP contribution < -0.4 is 15.2 Å². The third-order valence-corrected chi connectivity index (χ3v) is 3.83. The highest BCUT2D eigenvalue weighted by molar-refractivity contribution is 7.91. The first-order valence-electron chi connectivity index (χ1n) is 6.14. The summed E-state index contributed by atoms with van der Waals surface area (Å²) in [7, 11) is 0. The van der Waals surface area contributed by atoms with Gasteiger partial charge in [0.25, 0.3) is 0 Å². The van der Waals surface area contributed by atoms with E-state index in [0.29, 0.717) is 23.6 Å². The molecule has 3 N–H and O–H groups in total. The van der Waals surface area contributed by atoms with E-state index in [0.717, 1.165) is 19.4 Å². The van der Waals surface area contributed by atoms with E-state index in [4.69, 9.17) is 15.2 Å². The van der Waals surface area contributed by atoms with Crippen molar-refractivity contribution in [2.24, 2.45) is 10.1 Å². The SMILES string of the molecule is NC1=N[S+]([O-])Nc2cccc(O[C@@H]3CCCOC3)c21. The molecular formula is C12H15N3O3S. The van der Waals surface area contributed by atoms with E-state index in [1.165, 1.54) is 0 Å². The second-order valence-corrected chi connectivity index (χ2v) is 5.35. The molecule has 0 bridgehead atoms. The van der Waals surface area contributed by atoms with Crippen LogP contribution in [0.2, 0.25) is 0 Å². The summed E-state index contributed by atoms with van der Waals surface area (Å²) in [6.45, 7) is 1.37. The van der Waals surface area contributed by atoms with Crippen LogP contribution in [0, 0.1) is 0 Å². The predicted molar refractivity (Wildman–Crippen MR) is 73.4 cm³/mol. The Kier molecular flexibility index (Phi) is 3.50. The van der Waals surface area contributed by atoms with Crippen LogP contribution in [-0.2, 0) is 16.3 Å². The summed E-state index contributed by atoms with van der Waals surface area (Å²) >= 11 is -1.51. The van der Waals surface area contributed by atoms with Crippen molar-refractivity contribution in [2.45, 2.75) is 18.9 Å². The number of hydrogen-bond donors (Lipinski definition) is 2. The van der Waals surface area contributed by atoms with Crippen molar-refractivity contribution < 1.29 is 14.0 Å². The molecule has 1 aromatic carbocycles. The molecule has 6 nitrogen and oxygen atoms in total. The van der Waals surface area contributed by atoms with Crippen molar-refractivity contribution in [3.63, 3.8) is 0 Å². The molecule has 1 aromatic rings. The molecular weight excluding hydrogens is 266 g/mol. The molecule has 1 unspecified atom stereocenters. The maximum atomic E-state index is 11.4. The first-order valence-corrected chi connectivity index (χ1v) is 7.25. The number of ether oxygens (including phenoxy) is 2. The Hall–Kier alpha value is -1.44. The van der Waals surface area contributed by atoms with E-state index in [-0.39, 0.29) is 11.9 Å². The molecule has 0 radical (unpaired) electrons. The quantitative estimate of drug-likeness (QED) is 0.788. The molecule has 0 amide bonds. The van der Waals surface area contributed by atoms with Crippen molar-refractivity contribution in [3.8, 4) is 5.75 Å². The molecule has 2 aliphatic heterocycles. The average Bonchev–Trinajstić information content (AvgIpc) is 2.39. The highest BCUT2D eigenvalue weighted by Gasteiger charge is 2.26. The number of nitrogens with two attached hydrogens (primary N) is 1. The molecule has 2 atom stereocenters. The van der Waals surface area contributed by atoms with Gasteiger partial charge in [0, 0.05) is 6.61 Å². The van der Waals surface area contributed by atoms with Gasteiger partial charge in [-0.3, -0.25) is 0 Å². The summed E-state index contributed by atoms with van der Waals surface area (Å²) < 4.78 is 29.3. The highest BCUT2D eigenvalue weighted by Crippen LogP contribution is 2.31. The zero-order chi connectivity index (χ0) is 13.2. The zero-order valence-electron chi connectivity index (χ0n) is 10.3. The minimum atomic E-state index is -1.51. The summed E-state index contributed by atoms with van der Waals surface area (Å²) in [5.41, 5.74) is 7.20. The van der Waals surface area contributed by atoms with E-state index in [1.807, 2.05) is 12.1 Å². The molecule has 2 heterocycles. The second kappa shape index (κ2) is 5.28. The molecule has 1 saturated heterocycles. The van der Waals surface area contributed by atoms with Crippen molar-refractivity contribution in [3.05, 3.63) is 23.8 Å². The maximum Gasteiger partial charge on any atom is 0.222 e. The fourth-order valence-electron chi connectivity index (χ4n) is 2.21. The minimum absolute atomic E-state index is 0.0282. The lowest BCUT2D eigenvalue weighted by molar-refractivity contribution is 0.00738. The van der Waals surface area contributed by atoms with Gasteiger partial charge < -0.3 is 19.8 Å². The summed E-state index contributed by atoms with van der Waals surface area (Å²) in [4.78, 5) is 0. The third-order valence-electron chi connectivity index (χ3n) is 3.07. The third kappa shape index (κ3) is 2.63. The molecule has 19 heavy (non-hydrogen) atoms. The van der Waals surface area contributed by atoms with Gasteiger partial charge in [-0.2, -0.15) is 4.72 Å². The van der Waals surface area contributed by atoms with Gasteiger partial charge in [0.1, 0.15) is 11.9 Å². The molecule has 7 heteroatoms. The van der Waals surface area contributed by atoms with Crippen LogP contribution in [0.25, 0.3) is 0 Å². The molecule has 1 fully saturated rings. The van der Waals surface area contributed by atoms with E-state index >= 15 is 0 Å². The largest absolute Gasteiger partial charge is 0.566 e. The highest BCUT2D eigenvalue weighted by atomic mass is 32.2. The smallest absolute Gasteiger partial charge is 0.222 e. The standard InChI is InChI=1S/C12H15N3O3S/c13-12-11-9(14-19(16)15-12)4-1-5-10(11)18-8-3-2-6-17-7-8/h1,4-5,8,14H,2-3,6-7H2,(H2,13,15)/t8-,19?/m1/s1. The fraction of sp³-hybridized carbons (Fsp3) is 0.417. The second-order valence-electron chi connectivity index (χ2n) is 4.46. The molecule has 2 aliphatic rings. The Bertz CT molecular complexity index is 503. The Balaban J connectivity index is 1.87. The lowest BCUT2D eigenvalue weighted by Gasteiger charge is -2.25. The van der Waals surface area contributed by atoms with Gasteiger partial charge in [0.15, 0.2) is 5.84 Å². The lowest BCUT2D eigenvalue weighted by atomic mass is 10.1. The van der Waals surface area contributed by atoms with Gasteiger partial charge in [0.2, 0.25) is 11.5 Å². The van der Waals surface area contributed by atoms with E-state index in [9.17, 15) is 4.55 Å². The minimum Gasteiger partial charge on any atom is -0.566 e. The number of anilines is 1. The van der Waals surface area contributed by atoms with Crippen LogP contribution in [0.3, 0.4) is 0 Å². The predicted octanol–water partition coefficient (Wildman–Crippen LogP) is 0.954. The van der Waals surface area contributed by atoms with E-state index < -0.39 is 11.5 Å². The molecule has 102 valence electrons. The monoisotopic (exact) mass is 281 g/mol. The molecule has 0 saturated carbocycles. The number of benzene rings is 1. The molecule has 0 aliphatic carbocycles. The number of hydrogen-bond acceptors (Lipinski definition) is 6. The number of nitrogens with zero attached hydrogens (tertiary/aromatic N) is 1. The van der Waals surface area contributed by atoms with Gasteiger partial charge in [-0.25, -0.2) is 0 Å². The maximum absolute atomic E-state index is 11.4. The summed E-state index contributed by atoms with van der Waals surface area (Å²) in [5, 5.41) is 0. The van der Waals surface area contributed by atoms with E-state index in [2.05, 4.69) is 9.12 Å². The number of fused-ring (bicyclic) bond motifs is 1. The molecule has 0 spiro atoms. The number of amidine groups is 1. The van der Waals surface area contributed by atoms with Gasteiger partial charge in [-0.05, 0) is 29.4 Å². The lowest BCUT2D eigenvalue weighted by Crippen LogP contribution is -2.31. The first-order chi connectivity index (χ1) is 9.24. The summed E-state index contributed by atoms with van der Waals surface area (Å²) in [6.07, 6.45) is 1.98.